The Morgan fingerprint density at radius 1 is 1.39 bits per heavy atom. The molecule has 3 atom stereocenters. The van der Waals surface area contributed by atoms with Crippen LogP contribution in [0.15, 0.2) is 43.0 Å². The first-order valence-corrected chi connectivity index (χ1v) is 5.69. The van der Waals surface area contributed by atoms with Gasteiger partial charge in [-0.25, -0.2) is 4.79 Å². The number of hydrogen-bond donors (Lipinski definition) is 1. The van der Waals surface area contributed by atoms with Gasteiger partial charge in [0, 0.05) is 7.11 Å². The lowest BCUT2D eigenvalue weighted by Gasteiger charge is -2.24. The molecule has 0 radical (unpaired) electrons. The molecule has 0 saturated carbocycles. The number of benzene rings is 1. The van der Waals surface area contributed by atoms with Gasteiger partial charge in [0.05, 0.1) is 5.56 Å². The third-order valence-corrected chi connectivity index (χ3v) is 2.62. The first-order chi connectivity index (χ1) is 8.60. The van der Waals surface area contributed by atoms with Crippen LogP contribution in [0.1, 0.15) is 17.3 Å². The van der Waals surface area contributed by atoms with Crippen molar-refractivity contribution >= 4 is 5.97 Å². The summed E-state index contributed by atoms with van der Waals surface area (Å²) in [5.74, 6) is -0.471. The summed E-state index contributed by atoms with van der Waals surface area (Å²) < 4.78 is 10.2. The molecule has 0 aromatic heterocycles. The Morgan fingerprint density at radius 2 is 2.00 bits per heavy atom. The van der Waals surface area contributed by atoms with E-state index >= 15 is 0 Å². The minimum absolute atomic E-state index is 0.448. The molecule has 18 heavy (non-hydrogen) atoms. The number of carbonyl (C=O) groups is 1. The summed E-state index contributed by atoms with van der Waals surface area (Å²) in [5, 5.41) is 9.90. The highest BCUT2D eigenvalue weighted by molar-refractivity contribution is 5.89. The molecule has 1 N–H and O–H groups in total. The van der Waals surface area contributed by atoms with E-state index in [9.17, 15) is 9.90 Å². The van der Waals surface area contributed by atoms with Crippen molar-refractivity contribution in [3.8, 4) is 0 Å². The molecule has 0 aliphatic rings. The zero-order chi connectivity index (χ0) is 13.5. The molecule has 0 bridgehead atoms. The van der Waals surface area contributed by atoms with E-state index in [0.29, 0.717) is 5.56 Å². The second kappa shape index (κ2) is 6.93. The molecule has 0 unspecified atom stereocenters. The van der Waals surface area contributed by atoms with Crippen molar-refractivity contribution in [2.75, 3.05) is 7.11 Å². The summed E-state index contributed by atoms with van der Waals surface area (Å²) in [6.45, 7) is 5.16. The minimum Gasteiger partial charge on any atom is -0.456 e. The molecule has 0 heterocycles. The van der Waals surface area contributed by atoms with E-state index < -0.39 is 24.3 Å². The van der Waals surface area contributed by atoms with E-state index in [1.807, 2.05) is 6.07 Å². The fourth-order valence-corrected chi connectivity index (χ4v) is 1.52. The third kappa shape index (κ3) is 3.68. The van der Waals surface area contributed by atoms with Gasteiger partial charge in [0.2, 0.25) is 0 Å². The van der Waals surface area contributed by atoms with Gasteiger partial charge in [-0.15, -0.1) is 6.58 Å². The summed E-state index contributed by atoms with van der Waals surface area (Å²) in [5.41, 5.74) is 0.448. The lowest BCUT2D eigenvalue weighted by atomic mass is 10.1. The van der Waals surface area contributed by atoms with Gasteiger partial charge in [0.25, 0.3) is 0 Å². The normalized spacial score (nSPS) is 15.5. The largest absolute Gasteiger partial charge is 0.456 e. The first-order valence-electron chi connectivity index (χ1n) is 5.69. The van der Waals surface area contributed by atoms with Gasteiger partial charge in [-0.2, -0.15) is 0 Å². The van der Waals surface area contributed by atoms with Crippen molar-refractivity contribution in [1.82, 2.24) is 0 Å². The molecule has 4 nitrogen and oxygen atoms in total. The highest BCUT2D eigenvalue weighted by atomic mass is 16.6. The van der Waals surface area contributed by atoms with E-state index in [-0.39, 0.29) is 0 Å². The van der Waals surface area contributed by atoms with Crippen molar-refractivity contribution in [2.45, 2.75) is 25.2 Å². The number of esters is 1. The van der Waals surface area contributed by atoms with Crippen molar-refractivity contribution in [3.63, 3.8) is 0 Å². The molecule has 1 aromatic carbocycles. The lowest BCUT2D eigenvalue weighted by Crippen LogP contribution is -2.38. The second-order valence-electron chi connectivity index (χ2n) is 3.90. The maximum atomic E-state index is 11.8. The number of ether oxygens (including phenoxy) is 2. The molecule has 0 aliphatic heterocycles. The number of rotatable bonds is 6. The lowest BCUT2D eigenvalue weighted by molar-refractivity contribution is -0.0606. The Labute approximate surface area is 107 Å². The van der Waals surface area contributed by atoms with Gasteiger partial charge in [0.15, 0.2) is 0 Å². The van der Waals surface area contributed by atoms with Crippen LogP contribution in [0.4, 0.5) is 0 Å². The van der Waals surface area contributed by atoms with Gasteiger partial charge in [-0.1, -0.05) is 24.3 Å². The van der Waals surface area contributed by atoms with Crippen molar-refractivity contribution in [2.24, 2.45) is 0 Å². The van der Waals surface area contributed by atoms with Crippen LogP contribution in [0.3, 0.4) is 0 Å². The SMILES string of the molecule is C=C[C@@H](OC)[C@H](O)[C@H](C)OC(=O)c1ccccc1. The van der Waals surface area contributed by atoms with Crippen LogP contribution >= 0.6 is 0 Å². The minimum atomic E-state index is -0.944. The highest BCUT2D eigenvalue weighted by Gasteiger charge is 2.25. The van der Waals surface area contributed by atoms with Crippen molar-refractivity contribution in [1.29, 1.82) is 0 Å². The Morgan fingerprint density at radius 3 is 2.50 bits per heavy atom. The fraction of sp³-hybridized carbons (Fsp3) is 0.357. The molecule has 0 saturated heterocycles. The summed E-state index contributed by atoms with van der Waals surface area (Å²) in [7, 11) is 1.46. The monoisotopic (exact) mass is 250 g/mol. The van der Waals surface area contributed by atoms with Gasteiger partial charge in [-0.3, -0.25) is 0 Å². The van der Waals surface area contributed by atoms with E-state index in [1.165, 1.54) is 13.2 Å². The number of aliphatic hydroxyl groups is 1. The smallest absolute Gasteiger partial charge is 0.338 e. The summed E-state index contributed by atoms with van der Waals surface area (Å²) >= 11 is 0. The summed E-state index contributed by atoms with van der Waals surface area (Å²) in [6, 6.07) is 8.62. The number of methoxy groups -OCH3 is 1. The average molecular weight is 250 g/mol. The van der Waals surface area contributed by atoms with Crippen LogP contribution in [-0.2, 0) is 9.47 Å². The highest BCUT2D eigenvalue weighted by Crippen LogP contribution is 2.11. The van der Waals surface area contributed by atoms with Crippen LogP contribution in [0, 0.1) is 0 Å². The van der Waals surface area contributed by atoms with E-state index in [1.54, 1.807) is 31.2 Å². The molecule has 98 valence electrons. The molecule has 1 rings (SSSR count). The molecular formula is C14H18O4. The fourth-order valence-electron chi connectivity index (χ4n) is 1.52. The van der Waals surface area contributed by atoms with E-state index in [2.05, 4.69) is 6.58 Å². The van der Waals surface area contributed by atoms with Crippen molar-refractivity contribution in [3.05, 3.63) is 48.6 Å². The predicted octanol–water partition coefficient (Wildman–Crippen LogP) is 1.79. The molecular weight excluding hydrogens is 232 g/mol. The molecule has 1 aromatic rings. The summed E-state index contributed by atoms with van der Waals surface area (Å²) in [4.78, 5) is 11.8. The van der Waals surface area contributed by atoms with E-state index in [4.69, 9.17) is 9.47 Å². The number of carbonyl (C=O) groups excluding carboxylic acids is 1. The quantitative estimate of drug-likeness (QED) is 0.618. The van der Waals surface area contributed by atoms with Gasteiger partial charge >= 0.3 is 5.97 Å². The standard InChI is InChI=1S/C14H18O4/c1-4-12(17-3)13(15)10(2)18-14(16)11-8-6-5-7-9-11/h4-10,12-13,15H,1H2,2-3H3/t10-,12+,13+/m0/s1. The first kappa shape index (κ1) is 14.4. The number of aliphatic hydroxyl groups excluding tert-OH is 1. The number of hydrogen-bond acceptors (Lipinski definition) is 4. The Hall–Kier alpha value is -1.65. The molecule has 4 heteroatoms. The van der Waals surface area contributed by atoms with Crippen LogP contribution < -0.4 is 0 Å². The zero-order valence-electron chi connectivity index (χ0n) is 10.6. The van der Waals surface area contributed by atoms with Gasteiger partial charge in [0.1, 0.15) is 18.3 Å². The van der Waals surface area contributed by atoms with Crippen LogP contribution in [0.5, 0.6) is 0 Å². The van der Waals surface area contributed by atoms with Gasteiger partial charge < -0.3 is 14.6 Å². The van der Waals surface area contributed by atoms with Crippen LogP contribution in [0.25, 0.3) is 0 Å². The summed E-state index contributed by atoms with van der Waals surface area (Å²) in [6.07, 6.45) is -0.721. The predicted molar refractivity (Wildman–Crippen MR) is 68.3 cm³/mol. The topological polar surface area (TPSA) is 55.8 Å². The Balaban J connectivity index is 2.62. The molecule has 0 fully saturated rings. The van der Waals surface area contributed by atoms with E-state index in [0.717, 1.165) is 0 Å². The van der Waals surface area contributed by atoms with Crippen LogP contribution in [0.2, 0.25) is 0 Å². The van der Waals surface area contributed by atoms with Crippen LogP contribution in [-0.4, -0.2) is 36.5 Å². The van der Waals surface area contributed by atoms with Gasteiger partial charge in [-0.05, 0) is 19.1 Å². The Bertz CT molecular complexity index is 388. The third-order valence-electron chi connectivity index (χ3n) is 2.62. The molecule has 0 spiro atoms. The zero-order valence-corrected chi connectivity index (χ0v) is 10.6. The second-order valence-corrected chi connectivity index (χ2v) is 3.90. The maximum Gasteiger partial charge on any atom is 0.338 e. The molecule has 0 amide bonds. The maximum absolute atomic E-state index is 11.8. The molecule has 0 aliphatic carbocycles. The average Bonchev–Trinajstić information content (AvgIpc) is 2.40. The van der Waals surface area contributed by atoms with Crippen molar-refractivity contribution < 1.29 is 19.4 Å². The Kier molecular flexibility index (Phi) is 5.55.